The van der Waals surface area contributed by atoms with Gasteiger partial charge in [0, 0.05) is 18.5 Å². The molecule has 1 fully saturated rings. The Hall–Kier alpha value is -1.70. The van der Waals surface area contributed by atoms with Gasteiger partial charge in [0.05, 0.1) is 4.90 Å². The van der Waals surface area contributed by atoms with Crippen LogP contribution in [0.5, 0.6) is 0 Å². The highest BCUT2D eigenvalue weighted by Crippen LogP contribution is 2.32. The fourth-order valence-electron chi connectivity index (χ4n) is 2.66. The summed E-state index contributed by atoms with van der Waals surface area (Å²) in [5.41, 5.74) is 1.14. The van der Waals surface area contributed by atoms with Gasteiger partial charge in [0.2, 0.25) is 10.0 Å². The van der Waals surface area contributed by atoms with Crippen LogP contribution in [0.15, 0.2) is 46.7 Å². The maximum atomic E-state index is 12.6. The van der Waals surface area contributed by atoms with E-state index in [4.69, 9.17) is 5.11 Å². The number of carbonyl (C=O) groups is 1. The fourth-order valence-corrected chi connectivity index (χ4v) is 5.26. The lowest BCUT2D eigenvalue weighted by atomic mass is 9.99. The molecule has 22 heavy (non-hydrogen) atoms. The molecule has 0 bridgehead atoms. The lowest BCUT2D eigenvalue weighted by Gasteiger charge is -2.15. The second kappa shape index (κ2) is 5.83. The van der Waals surface area contributed by atoms with Gasteiger partial charge in [-0.3, -0.25) is 0 Å². The van der Waals surface area contributed by atoms with E-state index in [1.165, 1.54) is 15.8 Å². The molecule has 0 amide bonds. The molecule has 7 heteroatoms. The Morgan fingerprint density at radius 3 is 2.64 bits per heavy atom. The molecule has 2 aromatic rings. The van der Waals surface area contributed by atoms with E-state index in [2.05, 4.69) is 0 Å². The van der Waals surface area contributed by atoms with Crippen LogP contribution in [-0.4, -0.2) is 36.9 Å². The van der Waals surface area contributed by atoms with Gasteiger partial charge in [-0.1, -0.05) is 30.3 Å². The largest absolute Gasteiger partial charge is 0.477 e. The van der Waals surface area contributed by atoms with Crippen LogP contribution in [0.2, 0.25) is 0 Å². The van der Waals surface area contributed by atoms with Crippen molar-refractivity contribution in [3.63, 3.8) is 0 Å². The van der Waals surface area contributed by atoms with Gasteiger partial charge in [-0.05, 0) is 24.0 Å². The van der Waals surface area contributed by atoms with Gasteiger partial charge in [-0.15, -0.1) is 11.3 Å². The third-order valence-corrected chi connectivity index (χ3v) is 6.76. The third kappa shape index (κ3) is 2.79. The molecule has 2 heterocycles. The average Bonchev–Trinajstić information content (AvgIpc) is 3.18. The van der Waals surface area contributed by atoms with Gasteiger partial charge in [-0.2, -0.15) is 4.31 Å². The number of nitrogens with zero attached hydrogens (tertiary/aromatic N) is 1. The highest BCUT2D eigenvalue weighted by atomic mass is 32.2. The number of carboxylic acids is 1. The summed E-state index contributed by atoms with van der Waals surface area (Å²) in [6, 6.07) is 11.1. The molecule has 1 aromatic carbocycles. The maximum Gasteiger partial charge on any atom is 0.345 e. The Bertz CT molecular complexity index is 783. The number of sulfonamides is 1. The Morgan fingerprint density at radius 1 is 1.27 bits per heavy atom. The van der Waals surface area contributed by atoms with Crippen molar-refractivity contribution in [3.8, 4) is 0 Å². The van der Waals surface area contributed by atoms with Crippen LogP contribution in [-0.2, 0) is 10.0 Å². The van der Waals surface area contributed by atoms with Crippen LogP contribution in [0.4, 0.5) is 0 Å². The number of rotatable bonds is 4. The lowest BCUT2D eigenvalue weighted by Crippen LogP contribution is -2.28. The summed E-state index contributed by atoms with van der Waals surface area (Å²) >= 11 is 0.935. The fraction of sp³-hybridized carbons (Fsp3) is 0.267. The van der Waals surface area contributed by atoms with Crippen molar-refractivity contribution in [1.82, 2.24) is 4.31 Å². The van der Waals surface area contributed by atoms with Crippen LogP contribution in [0, 0.1) is 0 Å². The van der Waals surface area contributed by atoms with E-state index in [9.17, 15) is 13.2 Å². The summed E-state index contributed by atoms with van der Waals surface area (Å²) in [6.07, 6.45) is 0.777. The van der Waals surface area contributed by atoms with E-state index in [0.29, 0.717) is 13.1 Å². The number of hydrogen-bond acceptors (Lipinski definition) is 4. The minimum absolute atomic E-state index is 0.0392. The molecule has 0 spiro atoms. The Balaban J connectivity index is 1.80. The molecule has 1 N–H and O–H groups in total. The normalized spacial score (nSPS) is 19.4. The van der Waals surface area contributed by atoms with Gasteiger partial charge in [0.1, 0.15) is 4.88 Å². The zero-order chi connectivity index (χ0) is 15.7. The predicted octanol–water partition coefficient (Wildman–Crippen LogP) is 2.62. The van der Waals surface area contributed by atoms with Crippen molar-refractivity contribution in [2.75, 3.05) is 13.1 Å². The number of thiophene rings is 1. The molecule has 0 radical (unpaired) electrons. The molecule has 116 valence electrons. The standard InChI is InChI=1S/C15H15NO4S2/c17-15(18)14-8-13(10-21-14)22(19,20)16-7-6-12(9-16)11-4-2-1-3-5-11/h1-5,8,10,12H,6-7,9H2,(H,17,18). The first-order valence-corrected chi connectivity index (χ1v) is 9.17. The zero-order valence-corrected chi connectivity index (χ0v) is 13.3. The molecule has 1 unspecified atom stereocenters. The van der Waals surface area contributed by atoms with Crippen molar-refractivity contribution in [2.45, 2.75) is 17.2 Å². The summed E-state index contributed by atoms with van der Waals surface area (Å²) in [4.78, 5) is 11.0. The van der Waals surface area contributed by atoms with E-state index < -0.39 is 16.0 Å². The van der Waals surface area contributed by atoms with Gasteiger partial charge in [-0.25, -0.2) is 13.2 Å². The Morgan fingerprint density at radius 2 is 2.00 bits per heavy atom. The van der Waals surface area contributed by atoms with E-state index >= 15 is 0 Å². The van der Waals surface area contributed by atoms with Gasteiger partial charge in [0.15, 0.2) is 0 Å². The first kappa shape index (κ1) is 15.2. The average molecular weight is 337 g/mol. The summed E-state index contributed by atoms with van der Waals surface area (Å²) < 4.78 is 26.6. The maximum absolute atomic E-state index is 12.6. The minimum atomic E-state index is -3.61. The molecule has 3 rings (SSSR count). The molecule has 1 aliphatic heterocycles. The highest BCUT2D eigenvalue weighted by molar-refractivity contribution is 7.89. The topological polar surface area (TPSA) is 74.7 Å². The van der Waals surface area contributed by atoms with Crippen LogP contribution in [0.1, 0.15) is 27.6 Å². The quantitative estimate of drug-likeness (QED) is 0.930. The third-order valence-electron chi connectivity index (χ3n) is 3.85. The van der Waals surface area contributed by atoms with Crippen molar-refractivity contribution in [2.24, 2.45) is 0 Å². The number of carboxylic acid groups (broad SMARTS) is 1. The van der Waals surface area contributed by atoms with Crippen molar-refractivity contribution < 1.29 is 18.3 Å². The van der Waals surface area contributed by atoms with E-state index in [1.807, 2.05) is 30.3 Å². The second-order valence-corrected chi connectivity index (χ2v) is 8.06. The predicted molar refractivity (Wildman–Crippen MR) is 83.8 cm³/mol. The highest BCUT2D eigenvalue weighted by Gasteiger charge is 2.33. The minimum Gasteiger partial charge on any atom is -0.477 e. The van der Waals surface area contributed by atoms with Crippen molar-refractivity contribution in [3.05, 3.63) is 52.2 Å². The SMILES string of the molecule is O=C(O)c1cc(S(=O)(=O)N2CCC(c3ccccc3)C2)cs1. The smallest absolute Gasteiger partial charge is 0.345 e. The molecule has 1 atom stereocenters. The van der Waals surface area contributed by atoms with Crippen LogP contribution < -0.4 is 0 Å². The number of aromatic carboxylic acids is 1. The van der Waals surface area contributed by atoms with E-state index in [-0.39, 0.29) is 15.7 Å². The van der Waals surface area contributed by atoms with Crippen molar-refractivity contribution in [1.29, 1.82) is 0 Å². The monoisotopic (exact) mass is 337 g/mol. The summed E-state index contributed by atoms with van der Waals surface area (Å²) in [6.45, 7) is 0.894. The van der Waals surface area contributed by atoms with Crippen LogP contribution >= 0.6 is 11.3 Å². The van der Waals surface area contributed by atoms with Crippen molar-refractivity contribution >= 4 is 27.3 Å². The summed E-state index contributed by atoms with van der Waals surface area (Å²) in [5.74, 6) is -0.913. The molecule has 1 aromatic heterocycles. The molecular formula is C15H15NO4S2. The Labute approximate surface area is 132 Å². The van der Waals surface area contributed by atoms with Gasteiger partial charge < -0.3 is 5.11 Å². The summed E-state index contributed by atoms with van der Waals surface area (Å²) in [7, 11) is -3.61. The van der Waals surface area contributed by atoms with Gasteiger partial charge in [0.25, 0.3) is 0 Å². The molecule has 0 aliphatic carbocycles. The van der Waals surface area contributed by atoms with E-state index in [1.54, 1.807) is 0 Å². The number of hydrogen-bond donors (Lipinski definition) is 1. The first-order chi connectivity index (χ1) is 10.5. The molecule has 1 aliphatic rings. The molecule has 0 saturated carbocycles. The molecule has 5 nitrogen and oxygen atoms in total. The zero-order valence-electron chi connectivity index (χ0n) is 11.7. The lowest BCUT2D eigenvalue weighted by molar-refractivity contribution is 0.0702. The number of benzene rings is 1. The van der Waals surface area contributed by atoms with Gasteiger partial charge >= 0.3 is 5.97 Å². The van der Waals surface area contributed by atoms with Crippen LogP contribution in [0.25, 0.3) is 0 Å². The Kier molecular flexibility index (Phi) is 4.03. The molecular weight excluding hydrogens is 322 g/mol. The molecule has 1 saturated heterocycles. The van der Waals surface area contributed by atoms with Crippen LogP contribution in [0.3, 0.4) is 0 Å². The summed E-state index contributed by atoms with van der Waals surface area (Å²) in [5, 5.41) is 10.3. The first-order valence-electron chi connectivity index (χ1n) is 6.85. The van der Waals surface area contributed by atoms with E-state index in [0.717, 1.165) is 23.3 Å². The second-order valence-electron chi connectivity index (χ2n) is 5.21.